The van der Waals surface area contributed by atoms with Crippen LogP contribution in [0.15, 0.2) is 4.52 Å². The first-order valence-corrected chi connectivity index (χ1v) is 5.06. The van der Waals surface area contributed by atoms with Gasteiger partial charge in [-0.2, -0.15) is 4.98 Å². The van der Waals surface area contributed by atoms with Gasteiger partial charge in [-0.3, -0.25) is 0 Å². The van der Waals surface area contributed by atoms with Crippen molar-refractivity contribution in [3.05, 3.63) is 17.4 Å². The number of nitrogen functional groups attached to an aromatic ring is 1. The molecule has 2 heterocycles. The van der Waals surface area contributed by atoms with Crippen molar-refractivity contribution >= 4 is 5.82 Å². The highest BCUT2D eigenvalue weighted by Crippen LogP contribution is 2.19. The zero-order valence-corrected chi connectivity index (χ0v) is 9.51. The number of rotatable bonds is 3. The Balaban J connectivity index is 2.28. The van der Waals surface area contributed by atoms with Crippen LogP contribution in [0.3, 0.4) is 0 Å². The van der Waals surface area contributed by atoms with E-state index in [1.165, 1.54) is 0 Å². The molecule has 0 aliphatic rings. The van der Waals surface area contributed by atoms with Gasteiger partial charge in [-0.25, -0.2) is 4.68 Å². The SMILES string of the molecule is Cc1nc(Cn2nnc(N)c2C(C)C)no1. The summed E-state index contributed by atoms with van der Waals surface area (Å²) in [5, 5.41) is 11.6. The van der Waals surface area contributed by atoms with E-state index < -0.39 is 0 Å². The summed E-state index contributed by atoms with van der Waals surface area (Å²) < 4.78 is 6.59. The monoisotopic (exact) mass is 222 g/mol. The maximum Gasteiger partial charge on any atom is 0.223 e. The molecule has 2 rings (SSSR count). The van der Waals surface area contributed by atoms with Crippen LogP contribution in [0.25, 0.3) is 0 Å². The van der Waals surface area contributed by atoms with Crippen molar-refractivity contribution in [2.45, 2.75) is 33.2 Å². The molecule has 0 aliphatic heterocycles. The van der Waals surface area contributed by atoms with E-state index in [9.17, 15) is 0 Å². The summed E-state index contributed by atoms with van der Waals surface area (Å²) in [7, 11) is 0. The minimum Gasteiger partial charge on any atom is -0.381 e. The maximum atomic E-state index is 5.74. The molecule has 0 amide bonds. The molecule has 0 fully saturated rings. The normalized spacial score (nSPS) is 11.2. The molecule has 86 valence electrons. The lowest BCUT2D eigenvalue weighted by atomic mass is 10.1. The molecule has 7 heteroatoms. The van der Waals surface area contributed by atoms with Crippen LogP contribution < -0.4 is 5.73 Å². The lowest BCUT2D eigenvalue weighted by Crippen LogP contribution is -2.09. The Hall–Kier alpha value is -1.92. The summed E-state index contributed by atoms with van der Waals surface area (Å²) in [6.07, 6.45) is 0. The second-order valence-electron chi connectivity index (χ2n) is 3.90. The highest BCUT2D eigenvalue weighted by atomic mass is 16.5. The smallest absolute Gasteiger partial charge is 0.223 e. The van der Waals surface area contributed by atoms with Gasteiger partial charge >= 0.3 is 0 Å². The molecule has 0 atom stereocenters. The number of hydrogen-bond donors (Lipinski definition) is 1. The lowest BCUT2D eigenvalue weighted by Gasteiger charge is -2.07. The van der Waals surface area contributed by atoms with Gasteiger partial charge in [0.1, 0.15) is 6.54 Å². The molecule has 0 bridgehead atoms. The van der Waals surface area contributed by atoms with E-state index in [4.69, 9.17) is 10.3 Å². The van der Waals surface area contributed by atoms with Gasteiger partial charge in [0.2, 0.25) is 5.89 Å². The maximum absolute atomic E-state index is 5.74. The van der Waals surface area contributed by atoms with Crippen molar-refractivity contribution in [3.8, 4) is 0 Å². The van der Waals surface area contributed by atoms with E-state index >= 15 is 0 Å². The first-order chi connectivity index (χ1) is 7.58. The minimum absolute atomic E-state index is 0.253. The molecule has 0 radical (unpaired) electrons. The Kier molecular flexibility index (Phi) is 2.59. The zero-order chi connectivity index (χ0) is 11.7. The van der Waals surface area contributed by atoms with Crippen molar-refractivity contribution in [1.82, 2.24) is 25.1 Å². The van der Waals surface area contributed by atoms with E-state index in [1.807, 2.05) is 13.8 Å². The van der Waals surface area contributed by atoms with Gasteiger partial charge < -0.3 is 10.3 Å². The van der Waals surface area contributed by atoms with Crippen LogP contribution in [0, 0.1) is 6.92 Å². The van der Waals surface area contributed by atoms with Crippen LogP contribution in [0.4, 0.5) is 5.82 Å². The molecular formula is C9H14N6O. The van der Waals surface area contributed by atoms with Crippen LogP contribution in [0.1, 0.15) is 37.2 Å². The Morgan fingerprint density at radius 2 is 2.19 bits per heavy atom. The lowest BCUT2D eigenvalue weighted by molar-refractivity contribution is 0.384. The zero-order valence-electron chi connectivity index (χ0n) is 9.51. The van der Waals surface area contributed by atoms with E-state index in [0.717, 1.165) is 5.69 Å². The summed E-state index contributed by atoms with van der Waals surface area (Å²) in [5.74, 6) is 1.82. The molecule has 0 aromatic carbocycles. The van der Waals surface area contributed by atoms with E-state index in [-0.39, 0.29) is 5.92 Å². The second-order valence-corrected chi connectivity index (χ2v) is 3.90. The third-order valence-corrected chi connectivity index (χ3v) is 2.21. The highest BCUT2D eigenvalue weighted by molar-refractivity contribution is 5.35. The van der Waals surface area contributed by atoms with Crippen molar-refractivity contribution in [2.24, 2.45) is 0 Å². The van der Waals surface area contributed by atoms with Crippen molar-refractivity contribution in [3.63, 3.8) is 0 Å². The van der Waals surface area contributed by atoms with Gasteiger partial charge in [-0.15, -0.1) is 5.10 Å². The molecule has 2 N–H and O–H groups in total. The van der Waals surface area contributed by atoms with Gasteiger partial charge in [0.25, 0.3) is 0 Å². The summed E-state index contributed by atoms with van der Waals surface area (Å²) in [6, 6.07) is 0. The third-order valence-electron chi connectivity index (χ3n) is 2.21. The van der Waals surface area contributed by atoms with Crippen LogP contribution in [-0.4, -0.2) is 25.1 Å². The average Bonchev–Trinajstić information content (AvgIpc) is 2.74. The van der Waals surface area contributed by atoms with Crippen LogP contribution in [-0.2, 0) is 6.54 Å². The first kappa shape index (κ1) is 10.6. The van der Waals surface area contributed by atoms with Crippen LogP contribution in [0.2, 0.25) is 0 Å². The molecule has 2 aromatic rings. The fourth-order valence-electron chi connectivity index (χ4n) is 1.58. The predicted octanol–water partition coefficient (Wildman–Crippen LogP) is 0.723. The van der Waals surface area contributed by atoms with E-state index in [1.54, 1.807) is 11.6 Å². The molecule has 7 nitrogen and oxygen atoms in total. The summed E-state index contributed by atoms with van der Waals surface area (Å²) in [6.45, 7) is 6.24. The fourth-order valence-corrected chi connectivity index (χ4v) is 1.58. The van der Waals surface area contributed by atoms with Gasteiger partial charge in [0.15, 0.2) is 11.6 Å². The Labute approximate surface area is 92.6 Å². The van der Waals surface area contributed by atoms with Gasteiger partial charge in [0.05, 0.1) is 5.69 Å². The number of aryl methyl sites for hydroxylation is 1. The Bertz CT molecular complexity index is 486. The summed E-state index contributed by atoms with van der Waals surface area (Å²) >= 11 is 0. The number of anilines is 1. The first-order valence-electron chi connectivity index (χ1n) is 5.06. The van der Waals surface area contributed by atoms with E-state index in [0.29, 0.717) is 24.1 Å². The Morgan fingerprint density at radius 1 is 1.44 bits per heavy atom. The molecule has 0 unspecified atom stereocenters. The molecular weight excluding hydrogens is 208 g/mol. The molecule has 16 heavy (non-hydrogen) atoms. The standard InChI is InChI=1S/C9H14N6O/c1-5(2)8-9(10)12-14-15(8)4-7-11-6(3)16-13-7/h5H,4,10H2,1-3H3. The molecule has 0 aliphatic carbocycles. The molecule has 2 aromatic heterocycles. The van der Waals surface area contributed by atoms with Crippen molar-refractivity contribution in [2.75, 3.05) is 5.73 Å². The van der Waals surface area contributed by atoms with Crippen LogP contribution in [0.5, 0.6) is 0 Å². The van der Waals surface area contributed by atoms with E-state index in [2.05, 4.69) is 20.5 Å². The number of aromatic nitrogens is 5. The molecule has 0 spiro atoms. The van der Waals surface area contributed by atoms with Crippen molar-refractivity contribution < 1.29 is 4.52 Å². The van der Waals surface area contributed by atoms with Gasteiger partial charge in [-0.1, -0.05) is 24.2 Å². The fraction of sp³-hybridized carbons (Fsp3) is 0.556. The van der Waals surface area contributed by atoms with Crippen LogP contribution >= 0.6 is 0 Å². The minimum atomic E-state index is 0.253. The largest absolute Gasteiger partial charge is 0.381 e. The number of nitrogens with two attached hydrogens (primary N) is 1. The average molecular weight is 222 g/mol. The summed E-state index contributed by atoms with van der Waals surface area (Å²) in [5.41, 5.74) is 6.63. The second kappa shape index (κ2) is 3.92. The molecule has 0 saturated carbocycles. The predicted molar refractivity (Wildman–Crippen MR) is 56.7 cm³/mol. The van der Waals surface area contributed by atoms with Gasteiger partial charge in [-0.05, 0) is 5.92 Å². The quantitative estimate of drug-likeness (QED) is 0.822. The van der Waals surface area contributed by atoms with Gasteiger partial charge in [0, 0.05) is 6.92 Å². The number of hydrogen-bond acceptors (Lipinski definition) is 6. The van der Waals surface area contributed by atoms with Crippen molar-refractivity contribution in [1.29, 1.82) is 0 Å². The third kappa shape index (κ3) is 1.88. The topological polar surface area (TPSA) is 95.7 Å². The number of nitrogens with zero attached hydrogens (tertiary/aromatic N) is 5. The Morgan fingerprint density at radius 3 is 2.75 bits per heavy atom. The highest BCUT2D eigenvalue weighted by Gasteiger charge is 2.15. The molecule has 0 saturated heterocycles. The summed E-state index contributed by atoms with van der Waals surface area (Å²) in [4.78, 5) is 4.11.